The number of amides is 1. The van der Waals surface area contributed by atoms with Crippen molar-refractivity contribution in [2.24, 2.45) is 0 Å². The van der Waals surface area contributed by atoms with Crippen LogP contribution in [0.3, 0.4) is 0 Å². The highest BCUT2D eigenvalue weighted by Gasteiger charge is 2.24. The topological polar surface area (TPSA) is 120 Å². The standard InChI is InChI=1S/C24H24ClN7O2/c1-34-19-12-14(6-7-18(19)30-24(33)16-4-2-3-5-17(16)25)21-20-22(26)28-13-29-23(20)32(31-21)15-8-10-27-11-9-15/h2-7,12-13,15,27H,8-11H2,1H3,(H,30,33)(H2,26,28,29). The van der Waals surface area contributed by atoms with Gasteiger partial charge in [-0.3, -0.25) is 4.79 Å². The number of aromatic nitrogens is 4. The lowest BCUT2D eigenvalue weighted by Crippen LogP contribution is -2.30. The van der Waals surface area contributed by atoms with Crippen LogP contribution < -0.4 is 21.1 Å². The van der Waals surface area contributed by atoms with E-state index in [2.05, 4.69) is 20.6 Å². The molecule has 1 aliphatic heterocycles. The Morgan fingerprint density at radius 3 is 2.76 bits per heavy atom. The third kappa shape index (κ3) is 4.04. The molecule has 0 saturated carbocycles. The Morgan fingerprint density at radius 2 is 2.00 bits per heavy atom. The van der Waals surface area contributed by atoms with Crippen LogP contribution in [0.15, 0.2) is 48.8 Å². The monoisotopic (exact) mass is 477 g/mol. The summed E-state index contributed by atoms with van der Waals surface area (Å²) in [5.41, 5.74) is 9.33. The number of methoxy groups -OCH3 is 1. The normalized spacial score (nSPS) is 14.3. The maximum atomic E-state index is 12.8. The molecule has 2 aromatic carbocycles. The first-order valence-corrected chi connectivity index (χ1v) is 11.4. The number of carbonyl (C=O) groups excluding carboxylic acids is 1. The zero-order valence-corrected chi connectivity index (χ0v) is 19.3. The van der Waals surface area contributed by atoms with Gasteiger partial charge in [0.1, 0.15) is 23.6 Å². The summed E-state index contributed by atoms with van der Waals surface area (Å²) in [6.45, 7) is 1.85. The van der Waals surface area contributed by atoms with Gasteiger partial charge in [-0.15, -0.1) is 0 Å². The molecule has 5 rings (SSSR count). The predicted molar refractivity (Wildman–Crippen MR) is 132 cm³/mol. The molecule has 0 aliphatic carbocycles. The lowest BCUT2D eigenvalue weighted by atomic mass is 10.1. The van der Waals surface area contributed by atoms with Gasteiger partial charge < -0.3 is 21.1 Å². The van der Waals surface area contributed by atoms with Crippen molar-refractivity contribution in [2.45, 2.75) is 18.9 Å². The molecule has 1 amide bonds. The number of nitrogens with one attached hydrogen (secondary N) is 2. The quantitative estimate of drug-likeness (QED) is 0.398. The van der Waals surface area contributed by atoms with Crippen molar-refractivity contribution in [1.29, 1.82) is 0 Å². The van der Waals surface area contributed by atoms with E-state index in [4.69, 9.17) is 27.2 Å². The lowest BCUT2D eigenvalue weighted by molar-refractivity contribution is 0.102. The van der Waals surface area contributed by atoms with Crippen molar-refractivity contribution in [1.82, 2.24) is 25.1 Å². The number of piperidine rings is 1. The second kappa shape index (κ2) is 9.28. The summed E-state index contributed by atoms with van der Waals surface area (Å²) in [6, 6.07) is 12.6. The van der Waals surface area contributed by atoms with E-state index in [9.17, 15) is 4.79 Å². The highest BCUT2D eigenvalue weighted by molar-refractivity contribution is 6.34. The summed E-state index contributed by atoms with van der Waals surface area (Å²) >= 11 is 6.17. The van der Waals surface area contributed by atoms with Crippen LogP contribution in [0.5, 0.6) is 5.75 Å². The fourth-order valence-corrected chi connectivity index (χ4v) is 4.50. The maximum Gasteiger partial charge on any atom is 0.257 e. The van der Waals surface area contributed by atoms with Crippen LogP contribution in [0.25, 0.3) is 22.3 Å². The molecular weight excluding hydrogens is 454 g/mol. The summed E-state index contributed by atoms with van der Waals surface area (Å²) < 4.78 is 7.55. The molecule has 10 heteroatoms. The third-order valence-electron chi connectivity index (χ3n) is 6.01. The van der Waals surface area contributed by atoms with Gasteiger partial charge in [0.15, 0.2) is 5.65 Å². The number of carbonyl (C=O) groups is 1. The molecule has 0 atom stereocenters. The molecule has 4 aromatic rings. The number of nitrogens with zero attached hydrogens (tertiary/aromatic N) is 4. The number of nitrogens with two attached hydrogens (primary N) is 1. The van der Waals surface area contributed by atoms with Crippen molar-refractivity contribution < 1.29 is 9.53 Å². The van der Waals surface area contributed by atoms with Gasteiger partial charge in [0.2, 0.25) is 0 Å². The Labute approximate surface area is 201 Å². The molecule has 1 saturated heterocycles. The molecule has 3 heterocycles. The van der Waals surface area contributed by atoms with Gasteiger partial charge >= 0.3 is 0 Å². The molecule has 0 bridgehead atoms. The molecule has 9 nitrogen and oxygen atoms in total. The molecule has 0 radical (unpaired) electrons. The summed E-state index contributed by atoms with van der Waals surface area (Å²) in [4.78, 5) is 21.4. The molecule has 4 N–H and O–H groups in total. The van der Waals surface area contributed by atoms with E-state index in [1.165, 1.54) is 6.33 Å². The van der Waals surface area contributed by atoms with Crippen LogP contribution in [-0.4, -0.2) is 45.9 Å². The number of ether oxygens (including phenoxy) is 1. The fraction of sp³-hybridized carbons (Fsp3) is 0.250. The first-order chi connectivity index (χ1) is 16.6. The highest BCUT2D eigenvalue weighted by atomic mass is 35.5. The molecule has 2 aromatic heterocycles. The van der Waals surface area contributed by atoms with E-state index >= 15 is 0 Å². The van der Waals surface area contributed by atoms with E-state index in [0.717, 1.165) is 31.5 Å². The Morgan fingerprint density at radius 1 is 1.21 bits per heavy atom. The number of hydrogen-bond acceptors (Lipinski definition) is 7. The summed E-state index contributed by atoms with van der Waals surface area (Å²) in [5.74, 6) is 0.531. The van der Waals surface area contributed by atoms with Gasteiger partial charge in [-0.05, 0) is 50.2 Å². The van der Waals surface area contributed by atoms with Crippen LogP contribution in [0.2, 0.25) is 5.02 Å². The number of rotatable bonds is 5. The van der Waals surface area contributed by atoms with Gasteiger partial charge in [0.05, 0.1) is 34.8 Å². The first kappa shape index (κ1) is 22.1. The zero-order valence-electron chi connectivity index (χ0n) is 18.6. The van der Waals surface area contributed by atoms with Crippen LogP contribution in [0.4, 0.5) is 11.5 Å². The van der Waals surface area contributed by atoms with E-state index in [1.807, 2.05) is 16.8 Å². The number of benzene rings is 2. The number of hydrogen-bond donors (Lipinski definition) is 3. The van der Waals surface area contributed by atoms with Gasteiger partial charge in [0, 0.05) is 5.56 Å². The average molecular weight is 478 g/mol. The number of halogens is 1. The molecular formula is C24H24ClN7O2. The van der Waals surface area contributed by atoms with Gasteiger partial charge in [-0.25, -0.2) is 14.6 Å². The van der Waals surface area contributed by atoms with Crippen molar-refractivity contribution in [3.8, 4) is 17.0 Å². The summed E-state index contributed by atoms with van der Waals surface area (Å²) in [7, 11) is 1.55. The molecule has 34 heavy (non-hydrogen) atoms. The smallest absolute Gasteiger partial charge is 0.257 e. The average Bonchev–Trinajstić information content (AvgIpc) is 3.26. The SMILES string of the molecule is COc1cc(-c2nn(C3CCNCC3)c3ncnc(N)c23)ccc1NC(=O)c1ccccc1Cl. The number of nitrogen functional groups attached to an aromatic ring is 1. The molecule has 0 spiro atoms. The Bertz CT molecular complexity index is 1360. The predicted octanol–water partition coefficient (Wildman–Crippen LogP) is 3.91. The molecule has 0 unspecified atom stereocenters. The van der Waals surface area contributed by atoms with Crippen LogP contribution in [0.1, 0.15) is 29.2 Å². The lowest BCUT2D eigenvalue weighted by Gasteiger charge is -2.23. The fourth-order valence-electron chi connectivity index (χ4n) is 4.28. The highest BCUT2D eigenvalue weighted by Crippen LogP contribution is 2.37. The second-order valence-corrected chi connectivity index (χ2v) is 8.49. The third-order valence-corrected chi connectivity index (χ3v) is 6.34. The molecule has 1 aliphatic rings. The van der Waals surface area contributed by atoms with Crippen molar-refractivity contribution in [2.75, 3.05) is 31.2 Å². The van der Waals surface area contributed by atoms with Crippen molar-refractivity contribution in [3.63, 3.8) is 0 Å². The van der Waals surface area contributed by atoms with Crippen LogP contribution in [0, 0.1) is 0 Å². The van der Waals surface area contributed by atoms with E-state index < -0.39 is 0 Å². The zero-order chi connectivity index (χ0) is 23.7. The van der Waals surface area contributed by atoms with Gasteiger partial charge in [-0.1, -0.05) is 29.8 Å². The molecule has 174 valence electrons. The molecule has 1 fully saturated rings. The first-order valence-electron chi connectivity index (χ1n) is 11.0. The number of fused-ring (bicyclic) bond motifs is 1. The van der Waals surface area contributed by atoms with Crippen molar-refractivity contribution in [3.05, 3.63) is 59.4 Å². The minimum absolute atomic E-state index is 0.225. The second-order valence-electron chi connectivity index (χ2n) is 8.08. The summed E-state index contributed by atoms with van der Waals surface area (Å²) in [5, 5.41) is 12.2. The van der Waals surface area contributed by atoms with Crippen LogP contribution in [-0.2, 0) is 0 Å². The largest absolute Gasteiger partial charge is 0.495 e. The minimum Gasteiger partial charge on any atom is -0.495 e. The van der Waals surface area contributed by atoms with E-state index in [-0.39, 0.29) is 11.9 Å². The van der Waals surface area contributed by atoms with Crippen molar-refractivity contribution >= 4 is 40.0 Å². The van der Waals surface area contributed by atoms with Gasteiger partial charge in [0.25, 0.3) is 5.91 Å². The Kier molecular flexibility index (Phi) is 6.04. The van der Waals surface area contributed by atoms with E-state index in [1.54, 1.807) is 37.4 Å². The van der Waals surface area contributed by atoms with E-state index in [0.29, 0.717) is 44.6 Å². The Hall–Kier alpha value is -3.69. The Balaban J connectivity index is 1.54. The maximum absolute atomic E-state index is 12.8. The van der Waals surface area contributed by atoms with Gasteiger partial charge in [-0.2, -0.15) is 5.10 Å². The summed E-state index contributed by atoms with van der Waals surface area (Å²) in [6.07, 6.45) is 3.38. The number of anilines is 2. The minimum atomic E-state index is -0.324. The van der Waals surface area contributed by atoms with Crippen LogP contribution >= 0.6 is 11.6 Å².